The van der Waals surface area contributed by atoms with Crippen molar-refractivity contribution in [1.82, 2.24) is 4.98 Å². The van der Waals surface area contributed by atoms with Crippen LogP contribution in [0, 0.1) is 29.6 Å². The summed E-state index contributed by atoms with van der Waals surface area (Å²) in [6.07, 6.45) is 11.4. The molecule has 5 aliphatic rings. The van der Waals surface area contributed by atoms with Crippen LogP contribution in [0.2, 0.25) is 0 Å². The highest BCUT2D eigenvalue weighted by Gasteiger charge is 2.52. The third-order valence-corrected chi connectivity index (χ3v) is 9.49. The van der Waals surface area contributed by atoms with E-state index >= 15 is 0 Å². The van der Waals surface area contributed by atoms with E-state index in [2.05, 4.69) is 24.5 Å². The Balaban J connectivity index is 1.10. The molecule has 0 aromatic carbocycles. The molecule has 1 N–H and O–H groups in total. The van der Waals surface area contributed by atoms with E-state index < -0.39 is 0 Å². The van der Waals surface area contributed by atoms with E-state index in [0.29, 0.717) is 17.0 Å². The van der Waals surface area contributed by atoms with E-state index in [-0.39, 0.29) is 36.2 Å². The van der Waals surface area contributed by atoms with Gasteiger partial charge in [0.1, 0.15) is 6.10 Å². The van der Waals surface area contributed by atoms with Gasteiger partial charge in [0.2, 0.25) is 5.91 Å². The second kappa shape index (κ2) is 8.49. The maximum atomic E-state index is 12.4. The Morgan fingerprint density at radius 3 is 2.35 bits per heavy atom. The molecule has 0 unspecified atom stereocenters. The molecule has 6 heteroatoms. The van der Waals surface area contributed by atoms with Crippen LogP contribution in [-0.2, 0) is 19.7 Å². The number of nitrogens with zero attached hydrogens (tertiary/aromatic N) is 1. The molecule has 5 nitrogen and oxygen atoms in total. The molecule has 0 saturated heterocycles. The van der Waals surface area contributed by atoms with E-state index in [1.54, 1.807) is 0 Å². The lowest BCUT2D eigenvalue weighted by Gasteiger charge is -2.56. The number of hydrogen-bond acceptors (Lipinski definition) is 5. The Morgan fingerprint density at radius 1 is 1.03 bits per heavy atom. The molecule has 31 heavy (non-hydrogen) atoms. The van der Waals surface area contributed by atoms with Crippen LogP contribution in [0.5, 0.6) is 0 Å². The van der Waals surface area contributed by atoms with Gasteiger partial charge in [-0.05, 0) is 87.4 Å². The maximum Gasteiger partial charge on any atom is 0.306 e. The van der Waals surface area contributed by atoms with Gasteiger partial charge in [-0.15, -0.1) is 11.3 Å². The average molecular weight is 445 g/mol. The van der Waals surface area contributed by atoms with Crippen molar-refractivity contribution in [3.8, 4) is 0 Å². The molecule has 1 heterocycles. The molecule has 5 saturated carbocycles. The number of esters is 1. The van der Waals surface area contributed by atoms with E-state index in [1.165, 1.54) is 55.6 Å². The standard InChI is InChI=1S/C25H36N2O3S/c1-15-3-4-20(7-16(15)2)30-23(29)6-5-22(28)27-24-26-21(14-31-24)25-11-17-8-18(12-25)10-19(9-17)13-25/h14-20H,3-13H2,1-2H3,(H,26,27,28)/t15-,16+,17?,18?,19?,20-,25?/m1/s1. The SMILES string of the molecule is C[C@@H]1CC[C@@H](OC(=O)CCC(=O)Nc2nc(C34CC5CC(CC(C5)C3)C4)cs2)C[C@@H]1C. The zero-order chi connectivity index (χ0) is 21.6. The highest BCUT2D eigenvalue weighted by atomic mass is 32.1. The molecule has 0 aliphatic heterocycles. The summed E-state index contributed by atoms with van der Waals surface area (Å²) >= 11 is 1.53. The van der Waals surface area contributed by atoms with E-state index in [1.807, 2.05) is 0 Å². The van der Waals surface area contributed by atoms with Gasteiger partial charge in [0.05, 0.1) is 12.1 Å². The predicted octanol–water partition coefficient (Wildman–Crippen LogP) is 5.70. The smallest absolute Gasteiger partial charge is 0.306 e. The van der Waals surface area contributed by atoms with E-state index in [9.17, 15) is 9.59 Å². The predicted molar refractivity (Wildman–Crippen MR) is 122 cm³/mol. The van der Waals surface area contributed by atoms with Crippen molar-refractivity contribution in [3.63, 3.8) is 0 Å². The van der Waals surface area contributed by atoms with Crippen LogP contribution in [0.3, 0.4) is 0 Å². The van der Waals surface area contributed by atoms with Crippen molar-refractivity contribution in [2.24, 2.45) is 29.6 Å². The third kappa shape index (κ3) is 4.55. The monoisotopic (exact) mass is 444 g/mol. The van der Waals surface area contributed by atoms with Gasteiger partial charge in [0.15, 0.2) is 5.13 Å². The van der Waals surface area contributed by atoms with Crippen LogP contribution in [0.4, 0.5) is 5.13 Å². The number of hydrogen-bond donors (Lipinski definition) is 1. The van der Waals surface area contributed by atoms with Gasteiger partial charge in [-0.25, -0.2) is 4.98 Å². The van der Waals surface area contributed by atoms with Crippen LogP contribution in [0.1, 0.15) is 90.2 Å². The molecule has 5 aliphatic carbocycles. The molecule has 1 amide bonds. The number of rotatable bonds is 6. The van der Waals surface area contributed by atoms with Gasteiger partial charge in [-0.3, -0.25) is 9.59 Å². The van der Waals surface area contributed by atoms with E-state index in [4.69, 9.17) is 9.72 Å². The molecular weight excluding hydrogens is 408 g/mol. The fraction of sp³-hybridized carbons (Fsp3) is 0.800. The fourth-order valence-corrected chi connectivity index (χ4v) is 8.10. The highest BCUT2D eigenvalue weighted by Crippen LogP contribution is 2.60. The normalized spacial score (nSPS) is 38.8. The summed E-state index contributed by atoms with van der Waals surface area (Å²) in [5.41, 5.74) is 1.46. The van der Waals surface area contributed by atoms with Crippen LogP contribution in [0.25, 0.3) is 0 Å². The molecule has 0 radical (unpaired) electrons. The van der Waals surface area contributed by atoms with Gasteiger partial charge in [-0.1, -0.05) is 13.8 Å². The molecule has 1 aromatic rings. The summed E-state index contributed by atoms with van der Waals surface area (Å²) in [7, 11) is 0. The number of aromatic nitrogens is 1. The van der Waals surface area contributed by atoms with Crippen LogP contribution >= 0.6 is 11.3 Å². The number of carbonyl (C=O) groups is 2. The van der Waals surface area contributed by atoms with Gasteiger partial charge in [-0.2, -0.15) is 0 Å². The van der Waals surface area contributed by atoms with Crippen LogP contribution in [0.15, 0.2) is 5.38 Å². The Labute approximate surface area is 189 Å². The fourth-order valence-electron chi connectivity index (χ4n) is 7.25. The van der Waals surface area contributed by atoms with Crippen molar-refractivity contribution >= 4 is 28.3 Å². The Kier molecular flexibility index (Phi) is 5.87. The summed E-state index contributed by atoms with van der Waals surface area (Å²) in [4.78, 5) is 29.5. The minimum Gasteiger partial charge on any atom is -0.462 e. The molecule has 3 atom stereocenters. The summed E-state index contributed by atoms with van der Waals surface area (Å²) < 4.78 is 5.62. The van der Waals surface area contributed by atoms with Crippen molar-refractivity contribution in [2.45, 2.75) is 96.0 Å². The Hall–Kier alpha value is -1.43. The summed E-state index contributed by atoms with van der Waals surface area (Å²) in [6, 6.07) is 0. The van der Waals surface area contributed by atoms with Gasteiger partial charge < -0.3 is 10.1 Å². The number of ether oxygens (including phenoxy) is 1. The first kappa shape index (κ1) is 21.4. The molecular formula is C25H36N2O3S. The van der Waals surface area contributed by atoms with Gasteiger partial charge in [0, 0.05) is 17.2 Å². The number of nitrogens with one attached hydrogen (secondary N) is 1. The molecule has 170 valence electrons. The first-order chi connectivity index (χ1) is 14.9. The summed E-state index contributed by atoms with van der Waals surface area (Å²) in [5.74, 6) is 3.53. The van der Waals surface area contributed by atoms with Gasteiger partial charge >= 0.3 is 5.97 Å². The Bertz CT molecular complexity index is 799. The summed E-state index contributed by atoms with van der Waals surface area (Å²) in [5, 5.41) is 5.78. The number of anilines is 1. The minimum absolute atomic E-state index is 0.0172. The number of carbonyl (C=O) groups excluding carboxylic acids is 2. The molecule has 6 rings (SSSR count). The van der Waals surface area contributed by atoms with Crippen molar-refractivity contribution in [2.75, 3.05) is 5.32 Å². The molecule has 5 fully saturated rings. The molecule has 1 aromatic heterocycles. The molecule has 4 bridgehead atoms. The van der Waals surface area contributed by atoms with Crippen LogP contribution < -0.4 is 5.32 Å². The minimum atomic E-state index is -0.254. The third-order valence-electron chi connectivity index (χ3n) is 8.74. The maximum absolute atomic E-state index is 12.4. The summed E-state index contributed by atoms with van der Waals surface area (Å²) in [6.45, 7) is 4.49. The lowest BCUT2D eigenvalue weighted by atomic mass is 9.49. The zero-order valence-corrected chi connectivity index (χ0v) is 19.7. The lowest BCUT2D eigenvalue weighted by molar-refractivity contribution is -0.152. The molecule has 0 spiro atoms. The van der Waals surface area contributed by atoms with Gasteiger partial charge in [0.25, 0.3) is 0 Å². The zero-order valence-electron chi connectivity index (χ0n) is 18.9. The first-order valence-corrected chi connectivity index (χ1v) is 13.2. The highest BCUT2D eigenvalue weighted by molar-refractivity contribution is 7.13. The lowest BCUT2D eigenvalue weighted by Crippen LogP contribution is -2.48. The van der Waals surface area contributed by atoms with Crippen molar-refractivity contribution < 1.29 is 14.3 Å². The first-order valence-electron chi connectivity index (χ1n) is 12.3. The average Bonchev–Trinajstić information content (AvgIpc) is 3.18. The van der Waals surface area contributed by atoms with Crippen molar-refractivity contribution in [1.29, 1.82) is 0 Å². The quantitative estimate of drug-likeness (QED) is 0.572. The second-order valence-electron chi connectivity index (χ2n) is 11.2. The number of thiazole rings is 1. The number of amides is 1. The largest absolute Gasteiger partial charge is 0.462 e. The van der Waals surface area contributed by atoms with E-state index in [0.717, 1.165) is 37.0 Å². The second-order valence-corrected chi connectivity index (χ2v) is 12.0. The van der Waals surface area contributed by atoms with Crippen molar-refractivity contribution in [3.05, 3.63) is 11.1 Å². The Morgan fingerprint density at radius 2 is 1.71 bits per heavy atom. The topological polar surface area (TPSA) is 68.3 Å². The van der Waals surface area contributed by atoms with Crippen LogP contribution in [-0.4, -0.2) is 23.0 Å².